The number of hydrogen-bond donors (Lipinski definition) is 2. The Bertz CT molecular complexity index is 1930. The lowest BCUT2D eigenvalue weighted by atomic mass is 9.33. The molecule has 0 aliphatic heterocycles. The Balaban J connectivity index is 1.09. The van der Waals surface area contributed by atoms with Gasteiger partial charge in [0.25, 0.3) is 0 Å². The summed E-state index contributed by atoms with van der Waals surface area (Å²) in [5, 5.41) is 9.66. The number of carbonyl (C=O) groups is 3. The summed E-state index contributed by atoms with van der Waals surface area (Å²) in [5.41, 5.74) is 3.00. The highest BCUT2D eigenvalue weighted by Gasteiger charge is 2.71. The molecule has 2 aromatic rings. The van der Waals surface area contributed by atoms with Gasteiger partial charge in [-0.25, -0.2) is 9.37 Å². The highest BCUT2D eigenvalue weighted by molar-refractivity contribution is 6.01. The quantitative estimate of drug-likeness (QED) is 0.286. The monoisotopic (exact) mass is 740 g/mol. The number of benzene rings is 1. The van der Waals surface area contributed by atoms with Crippen LogP contribution in [-0.2, 0) is 24.5 Å². The average Bonchev–Trinajstić information content (AvgIpc) is 3.70. The van der Waals surface area contributed by atoms with Crippen molar-refractivity contribution < 1.29 is 28.6 Å². The van der Waals surface area contributed by atoms with Crippen LogP contribution in [0.1, 0.15) is 132 Å². The van der Waals surface area contributed by atoms with Gasteiger partial charge in [-0.15, -0.1) is 0 Å². The lowest BCUT2D eigenvalue weighted by Gasteiger charge is -2.72. The number of imidazole rings is 1. The molecular weight excluding hydrogens is 680 g/mol. The minimum atomic E-state index is -0.830. The van der Waals surface area contributed by atoms with Gasteiger partial charge in [0.2, 0.25) is 0 Å². The maximum Gasteiger partial charge on any atom is 0.309 e. The number of ether oxygens (including phenoxy) is 1. The zero-order valence-corrected chi connectivity index (χ0v) is 33.9. The number of nitrogens with one attached hydrogen (secondary N) is 1. The largest absolute Gasteiger partial charge is 0.481 e. The summed E-state index contributed by atoms with van der Waals surface area (Å²) in [6.07, 6.45) is 10.5. The summed E-state index contributed by atoms with van der Waals surface area (Å²) in [6, 6.07) is 6.51. The molecule has 54 heavy (non-hydrogen) atoms. The van der Waals surface area contributed by atoms with Crippen molar-refractivity contribution in [3.63, 3.8) is 0 Å². The van der Waals surface area contributed by atoms with Crippen LogP contribution in [0.3, 0.4) is 0 Å². The number of allylic oxidation sites excluding steroid dienone is 2. The number of aromatic nitrogens is 2. The minimum Gasteiger partial charge on any atom is -0.481 e. The number of aliphatic carboxylic acids is 1. The van der Waals surface area contributed by atoms with E-state index in [9.17, 15) is 23.9 Å². The van der Waals surface area contributed by atoms with Crippen LogP contribution in [0.5, 0.6) is 0 Å². The van der Waals surface area contributed by atoms with Crippen molar-refractivity contribution in [3.8, 4) is 11.3 Å². The molecule has 0 spiro atoms. The van der Waals surface area contributed by atoms with Crippen LogP contribution >= 0.6 is 0 Å². The summed E-state index contributed by atoms with van der Waals surface area (Å²) in [7, 11) is 0. The molecule has 292 valence electrons. The summed E-state index contributed by atoms with van der Waals surface area (Å²) < 4.78 is 20.2. The fraction of sp³-hybridized carbons (Fsp3) is 0.696. The molecule has 1 heterocycles. The third-order valence-corrected chi connectivity index (χ3v) is 17.7. The standard InChI is InChI=1S/C46H61FN2O5/c1-25(2)36-32(50)23-46(40-48-24-31(49-40)26-10-12-27(47)13-11-26)21-20-44(8)28(37(36)46)14-15-34-43(7)18-17-35(42(5,6)33(43)16-19-45(34,44)9)54-39(53)30-22-29(38(51)52)41(30,3)4/h10-13,24-25,28-30,33-35H,14-23H2,1-9H3,(H,48,49)(H,51,52)/t28-,29+,30-,33+,34-,35+,43+,44-,45-,46-/m1/s1. The molecule has 7 nitrogen and oxygen atoms in total. The summed E-state index contributed by atoms with van der Waals surface area (Å²) in [6.45, 7) is 20.5. The molecule has 0 bridgehead atoms. The number of hydrogen-bond acceptors (Lipinski definition) is 5. The van der Waals surface area contributed by atoms with Crippen LogP contribution < -0.4 is 0 Å². The van der Waals surface area contributed by atoms with E-state index < -0.39 is 22.7 Å². The van der Waals surface area contributed by atoms with Crippen LogP contribution in [0.4, 0.5) is 4.39 Å². The molecule has 10 atom stereocenters. The SMILES string of the molecule is CC(C)C1=C2[C@H]3CC[C@@H]4[C@@]5(C)CC[C@H](OC(=O)[C@H]6C[C@@H](C(=O)O)C6(C)C)C(C)(C)[C@@H]5CC[C@@]4(C)[C@]3(C)CC[C@@]2(c2ncc(-c3ccc(F)cc3)[nH]2)CC1=O. The first kappa shape index (κ1) is 37.6. The van der Waals surface area contributed by atoms with Crippen molar-refractivity contribution in [3.05, 3.63) is 53.3 Å². The predicted molar refractivity (Wildman–Crippen MR) is 206 cm³/mol. The maximum absolute atomic E-state index is 14.2. The second-order valence-corrected chi connectivity index (χ2v) is 20.7. The van der Waals surface area contributed by atoms with Crippen LogP contribution in [0.2, 0.25) is 0 Å². The Kier molecular flexibility index (Phi) is 8.43. The van der Waals surface area contributed by atoms with Crippen molar-refractivity contribution in [1.29, 1.82) is 0 Å². The molecule has 0 amide bonds. The number of carboxylic acid groups (broad SMARTS) is 1. The Morgan fingerprint density at radius 1 is 0.870 bits per heavy atom. The van der Waals surface area contributed by atoms with Crippen molar-refractivity contribution in [2.45, 2.75) is 138 Å². The number of carboxylic acids is 1. The first-order chi connectivity index (χ1) is 25.2. The third kappa shape index (κ3) is 4.95. The van der Waals surface area contributed by atoms with E-state index in [4.69, 9.17) is 9.72 Å². The number of ketones is 1. The van der Waals surface area contributed by atoms with E-state index in [0.717, 1.165) is 74.0 Å². The van der Waals surface area contributed by atoms with Gasteiger partial charge in [-0.2, -0.15) is 0 Å². The number of carbonyl (C=O) groups excluding carboxylic acids is 2. The van der Waals surface area contributed by atoms with Gasteiger partial charge >= 0.3 is 11.9 Å². The summed E-state index contributed by atoms with van der Waals surface area (Å²) in [4.78, 5) is 48.2. The topological polar surface area (TPSA) is 109 Å². The van der Waals surface area contributed by atoms with E-state index in [1.807, 2.05) is 20.0 Å². The highest BCUT2D eigenvalue weighted by Crippen LogP contribution is 2.77. The number of esters is 1. The normalized spacial score (nSPS) is 40.6. The lowest BCUT2D eigenvalue weighted by molar-refractivity contribution is -0.235. The van der Waals surface area contributed by atoms with Crippen molar-refractivity contribution in [1.82, 2.24) is 9.97 Å². The van der Waals surface area contributed by atoms with E-state index in [-0.39, 0.29) is 63.1 Å². The third-order valence-electron chi connectivity index (χ3n) is 17.7. The number of fused-ring (bicyclic) bond motifs is 7. The number of nitrogens with zero attached hydrogens (tertiary/aromatic N) is 1. The van der Waals surface area contributed by atoms with Gasteiger partial charge in [-0.05, 0) is 144 Å². The highest BCUT2D eigenvalue weighted by atomic mass is 19.1. The van der Waals surface area contributed by atoms with Gasteiger partial charge in [0.05, 0.1) is 29.1 Å². The van der Waals surface area contributed by atoms with Crippen molar-refractivity contribution in [2.24, 2.45) is 62.6 Å². The fourth-order valence-electron chi connectivity index (χ4n) is 14.4. The Morgan fingerprint density at radius 3 is 2.22 bits per heavy atom. The maximum atomic E-state index is 14.2. The number of rotatable bonds is 6. The minimum absolute atomic E-state index is 0.00378. The summed E-state index contributed by atoms with van der Waals surface area (Å²) in [5.74, 6) is 0.238. The number of halogens is 1. The van der Waals surface area contributed by atoms with Gasteiger partial charge in [0.1, 0.15) is 17.7 Å². The second-order valence-electron chi connectivity index (χ2n) is 20.7. The molecule has 6 aliphatic rings. The molecule has 2 N–H and O–H groups in total. The first-order valence-corrected chi connectivity index (χ1v) is 20.7. The number of H-pyrrole nitrogens is 1. The zero-order chi connectivity index (χ0) is 39.0. The van der Waals surface area contributed by atoms with E-state index in [2.05, 4.69) is 53.5 Å². The Hall–Kier alpha value is -3.29. The zero-order valence-electron chi connectivity index (χ0n) is 33.9. The molecule has 6 aliphatic carbocycles. The molecule has 5 fully saturated rings. The van der Waals surface area contributed by atoms with E-state index in [1.165, 1.54) is 17.7 Å². The molecule has 5 saturated carbocycles. The number of Topliss-reactive ketones (excluding diaryl/α,β-unsaturated/α-hetero) is 1. The van der Waals surface area contributed by atoms with Gasteiger partial charge in [-0.1, -0.05) is 62.3 Å². The van der Waals surface area contributed by atoms with E-state index >= 15 is 0 Å². The lowest BCUT2D eigenvalue weighted by Crippen LogP contribution is -2.66. The van der Waals surface area contributed by atoms with E-state index in [1.54, 1.807) is 12.1 Å². The fourth-order valence-corrected chi connectivity index (χ4v) is 14.4. The van der Waals surface area contributed by atoms with Gasteiger partial charge in [0.15, 0.2) is 5.78 Å². The van der Waals surface area contributed by atoms with Crippen LogP contribution in [0.15, 0.2) is 41.6 Å². The van der Waals surface area contributed by atoms with Crippen molar-refractivity contribution in [2.75, 3.05) is 0 Å². The number of aromatic amines is 1. The summed E-state index contributed by atoms with van der Waals surface area (Å²) >= 11 is 0. The first-order valence-electron chi connectivity index (χ1n) is 20.7. The Morgan fingerprint density at radius 2 is 1.57 bits per heavy atom. The smallest absolute Gasteiger partial charge is 0.309 e. The molecule has 1 aromatic heterocycles. The molecule has 0 unspecified atom stereocenters. The van der Waals surface area contributed by atoms with Crippen LogP contribution in [0, 0.1) is 68.4 Å². The average molecular weight is 741 g/mol. The van der Waals surface area contributed by atoms with Crippen LogP contribution in [0.25, 0.3) is 11.3 Å². The van der Waals surface area contributed by atoms with Crippen LogP contribution in [-0.4, -0.2) is 38.9 Å². The van der Waals surface area contributed by atoms with Gasteiger partial charge in [0, 0.05) is 11.8 Å². The molecule has 8 heteroatoms. The molecule has 0 saturated heterocycles. The molecule has 0 radical (unpaired) electrons. The van der Waals surface area contributed by atoms with Crippen molar-refractivity contribution >= 4 is 17.7 Å². The molecule has 8 rings (SSSR count). The van der Waals surface area contributed by atoms with Gasteiger partial charge in [-0.3, -0.25) is 14.4 Å². The molecular formula is C46H61FN2O5. The van der Waals surface area contributed by atoms with E-state index in [0.29, 0.717) is 24.7 Å². The molecule has 1 aromatic carbocycles. The predicted octanol–water partition coefficient (Wildman–Crippen LogP) is 10.1. The Labute approximate surface area is 320 Å². The second kappa shape index (κ2) is 12.1. The van der Waals surface area contributed by atoms with Gasteiger partial charge < -0.3 is 14.8 Å².